The molecule has 6 atom stereocenters. The minimum atomic E-state index is -0.133. The number of hydrogen-bond donors (Lipinski definition) is 0. The Kier molecular flexibility index (Phi) is 5.71. The van der Waals surface area contributed by atoms with Crippen LogP contribution in [0.4, 0.5) is 0 Å². The van der Waals surface area contributed by atoms with E-state index in [0.29, 0.717) is 27.9 Å². The molecule has 4 aliphatic carbocycles. The standard InChI is InChI=1S/C30H48O/c1-20(2)10-9-11-21(3)22-14-18-29(7)23(22)12-13-25-28(6)17-16-26(31)27(4,5)24(28)15-19-30(25,29)8/h10,21,24-25H,9,11-19H2,1-8H3/t21-,24-,25+,28-,29+,30?/m0/s1. The number of Topliss-reactive ketones (excluding diaryl/α,β-unsaturated/α-hetero) is 1. The van der Waals surface area contributed by atoms with E-state index in [1.54, 1.807) is 0 Å². The van der Waals surface area contributed by atoms with Crippen LogP contribution < -0.4 is 0 Å². The Morgan fingerprint density at radius 2 is 1.68 bits per heavy atom. The second kappa shape index (κ2) is 7.59. The molecule has 4 aliphatic rings. The molecule has 0 aromatic heterocycles. The van der Waals surface area contributed by atoms with Crippen LogP contribution in [0.15, 0.2) is 22.8 Å². The molecule has 0 amide bonds. The summed E-state index contributed by atoms with van der Waals surface area (Å²) in [5.74, 6) is 2.58. The molecule has 3 fully saturated rings. The second-order valence-electron chi connectivity index (χ2n) is 13.3. The van der Waals surface area contributed by atoms with Crippen LogP contribution in [0.25, 0.3) is 0 Å². The highest BCUT2D eigenvalue weighted by molar-refractivity contribution is 5.85. The normalized spacial score (nSPS) is 42.5. The van der Waals surface area contributed by atoms with Crippen molar-refractivity contribution in [3.63, 3.8) is 0 Å². The largest absolute Gasteiger partial charge is 0.299 e. The van der Waals surface area contributed by atoms with Gasteiger partial charge in [0.15, 0.2) is 0 Å². The van der Waals surface area contributed by atoms with Crippen LogP contribution in [0.1, 0.15) is 120 Å². The van der Waals surface area contributed by atoms with Gasteiger partial charge in [0, 0.05) is 11.8 Å². The molecule has 0 N–H and O–H groups in total. The summed E-state index contributed by atoms with van der Waals surface area (Å²) in [7, 11) is 0. The van der Waals surface area contributed by atoms with E-state index >= 15 is 0 Å². The highest BCUT2D eigenvalue weighted by Crippen LogP contribution is 2.74. The fourth-order valence-corrected chi connectivity index (χ4v) is 9.40. The molecule has 174 valence electrons. The predicted molar refractivity (Wildman–Crippen MR) is 132 cm³/mol. The third kappa shape index (κ3) is 3.26. The van der Waals surface area contributed by atoms with Gasteiger partial charge in [0.2, 0.25) is 0 Å². The van der Waals surface area contributed by atoms with E-state index in [4.69, 9.17) is 0 Å². The third-order valence-corrected chi connectivity index (χ3v) is 11.4. The molecule has 1 nitrogen and oxygen atoms in total. The third-order valence-electron chi connectivity index (χ3n) is 11.4. The van der Waals surface area contributed by atoms with Crippen molar-refractivity contribution in [3.05, 3.63) is 22.8 Å². The molecule has 1 heteroatoms. The first kappa shape index (κ1) is 23.3. The van der Waals surface area contributed by atoms with Gasteiger partial charge in [0.05, 0.1) is 0 Å². The SMILES string of the molecule is CC(C)=CCC[C@H](C)C1=C2CC[C@H]3C(C)(CC[C@H]4C(C)(C)C(=O)CC[C@@]43C)[C@]2(C)CC1. The summed E-state index contributed by atoms with van der Waals surface area (Å²) in [5, 5.41) is 0. The highest BCUT2D eigenvalue weighted by atomic mass is 16.1. The van der Waals surface area contributed by atoms with Gasteiger partial charge in [-0.15, -0.1) is 0 Å². The van der Waals surface area contributed by atoms with Gasteiger partial charge in [-0.2, -0.15) is 0 Å². The summed E-state index contributed by atoms with van der Waals surface area (Å²) in [6.45, 7) is 19.4. The first-order valence-corrected chi connectivity index (χ1v) is 13.3. The Morgan fingerprint density at radius 3 is 2.35 bits per heavy atom. The second-order valence-corrected chi connectivity index (χ2v) is 13.3. The summed E-state index contributed by atoms with van der Waals surface area (Å²) in [5.41, 5.74) is 6.11. The number of carbonyl (C=O) groups excluding carboxylic acids is 1. The zero-order chi connectivity index (χ0) is 22.8. The van der Waals surface area contributed by atoms with Gasteiger partial charge in [-0.05, 0) is 106 Å². The van der Waals surface area contributed by atoms with Crippen LogP contribution in [0, 0.1) is 39.4 Å². The van der Waals surface area contributed by atoms with Gasteiger partial charge in [-0.1, -0.05) is 64.3 Å². The average Bonchev–Trinajstić information content (AvgIpc) is 3.03. The summed E-state index contributed by atoms with van der Waals surface area (Å²) in [6.07, 6.45) is 14.8. The van der Waals surface area contributed by atoms with E-state index in [1.807, 2.05) is 11.1 Å². The zero-order valence-corrected chi connectivity index (χ0v) is 21.8. The summed E-state index contributed by atoms with van der Waals surface area (Å²) in [4.78, 5) is 12.8. The monoisotopic (exact) mass is 424 g/mol. The van der Waals surface area contributed by atoms with Crippen molar-refractivity contribution in [1.82, 2.24) is 0 Å². The Labute approximate surface area is 192 Å². The molecule has 0 aromatic carbocycles. The lowest BCUT2D eigenvalue weighted by Gasteiger charge is -2.68. The average molecular weight is 425 g/mol. The van der Waals surface area contributed by atoms with Gasteiger partial charge >= 0.3 is 0 Å². The minimum Gasteiger partial charge on any atom is -0.299 e. The van der Waals surface area contributed by atoms with Gasteiger partial charge in [0.1, 0.15) is 5.78 Å². The van der Waals surface area contributed by atoms with E-state index in [9.17, 15) is 4.79 Å². The Morgan fingerprint density at radius 1 is 0.968 bits per heavy atom. The van der Waals surface area contributed by atoms with Gasteiger partial charge < -0.3 is 0 Å². The molecular weight excluding hydrogens is 376 g/mol. The summed E-state index contributed by atoms with van der Waals surface area (Å²) < 4.78 is 0. The first-order valence-electron chi connectivity index (χ1n) is 13.3. The number of carbonyl (C=O) groups is 1. The fraction of sp³-hybridized carbons (Fsp3) is 0.833. The lowest BCUT2D eigenvalue weighted by Crippen LogP contribution is -2.62. The van der Waals surface area contributed by atoms with Crippen molar-refractivity contribution in [3.8, 4) is 0 Å². The molecule has 31 heavy (non-hydrogen) atoms. The number of allylic oxidation sites excluding steroid dienone is 4. The molecule has 0 bridgehead atoms. The van der Waals surface area contributed by atoms with Crippen molar-refractivity contribution in [2.45, 2.75) is 120 Å². The Balaban J connectivity index is 1.65. The lowest BCUT2D eigenvalue weighted by atomic mass is 9.36. The van der Waals surface area contributed by atoms with Crippen LogP contribution >= 0.6 is 0 Å². The number of ketones is 1. The minimum absolute atomic E-state index is 0.133. The van der Waals surface area contributed by atoms with Crippen molar-refractivity contribution in [2.75, 3.05) is 0 Å². The molecule has 0 spiro atoms. The van der Waals surface area contributed by atoms with Crippen LogP contribution in [0.3, 0.4) is 0 Å². The highest BCUT2D eigenvalue weighted by Gasteiger charge is 2.66. The van der Waals surface area contributed by atoms with E-state index in [-0.39, 0.29) is 5.41 Å². The summed E-state index contributed by atoms with van der Waals surface area (Å²) in [6, 6.07) is 0. The fourth-order valence-electron chi connectivity index (χ4n) is 9.40. The number of fused-ring (bicyclic) bond motifs is 5. The first-order chi connectivity index (χ1) is 14.4. The van der Waals surface area contributed by atoms with Gasteiger partial charge in [-0.3, -0.25) is 4.79 Å². The molecule has 0 aromatic rings. The zero-order valence-electron chi connectivity index (χ0n) is 21.8. The van der Waals surface area contributed by atoms with E-state index in [1.165, 1.54) is 56.9 Å². The van der Waals surface area contributed by atoms with E-state index in [2.05, 4.69) is 61.5 Å². The quantitative estimate of drug-likeness (QED) is 0.412. The molecule has 0 saturated heterocycles. The number of rotatable bonds is 4. The Hall–Kier alpha value is -0.850. The van der Waals surface area contributed by atoms with Crippen LogP contribution in [0.5, 0.6) is 0 Å². The predicted octanol–water partition coefficient (Wildman–Crippen LogP) is 8.69. The van der Waals surface area contributed by atoms with Crippen LogP contribution in [-0.2, 0) is 4.79 Å². The van der Waals surface area contributed by atoms with Crippen molar-refractivity contribution < 1.29 is 4.79 Å². The molecule has 3 saturated carbocycles. The molecule has 1 unspecified atom stereocenters. The molecule has 0 radical (unpaired) electrons. The Bertz CT molecular complexity index is 808. The molecular formula is C30H48O. The van der Waals surface area contributed by atoms with Crippen molar-refractivity contribution in [1.29, 1.82) is 0 Å². The molecule has 0 heterocycles. The van der Waals surface area contributed by atoms with E-state index < -0.39 is 0 Å². The summed E-state index contributed by atoms with van der Waals surface area (Å²) >= 11 is 0. The molecule has 4 rings (SSSR count). The van der Waals surface area contributed by atoms with Crippen LogP contribution in [-0.4, -0.2) is 5.78 Å². The maximum Gasteiger partial charge on any atom is 0.138 e. The van der Waals surface area contributed by atoms with Gasteiger partial charge in [0.25, 0.3) is 0 Å². The van der Waals surface area contributed by atoms with Crippen molar-refractivity contribution in [2.24, 2.45) is 39.4 Å². The lowest BCUT2D eigenvalue weighted by molar-refractivity contribution is -0.180. The van der Waals surface area contributed by atoms with Crippen LogP contribution in [0.2, 0.25) is 0 Å². The maximum absolute atomic E-state index is 12.8. The smallest absolute Gasteiger partial charge is 0.138 e. The number of hydrogen-bond acceptors (Lipinski definition) is 1. The van der Waals surface area contributed by atoms with Crippen molar-refractivity contribution >= 4 is 5.78 Å². The molecule has 0 aliphatic heterocycles. The van der Waals surface area contributed by atoms with Gasteiger partial charge in [-0.25, -0.2) is 0 Å². The topological polar surface area (TPSA) is 17.1 Å². The van der Waals surface area contributed by atoms with E-state index in [0.717, 1.165) is 24.7 Å². The maximum atomic E-state index is 12.8.